The minimum absolute atomic E-state index is 0.256. The first-order valence-corrected chi connectivity index (χ1v) is 8.96. The normalized spacial score (nSPS) is 19.8. The van der Waals surface area contributed by atoms with Crippen molar-refractivity contribution in [1.29, 1.82) is 0 Å². The van der Waals surface area contributed by atoms with Gasteiger partial charge in [-0.05, 0) is 56.3 Å². The van der Waals surface area contributed by atoms with Crippen LogP contribution in [0.1, 0.15) is 36.8 Å². The van der Waals surface area contributed by atoms with E-state index in [0.717, 1.165) is 51.4 Å². The van der Waals surface area contributed by atoms with Crippen LogP contribution in [0.4, 0.5) is 13.2 Å². The molecule has 25 heavy (non-hydrogen) atoms. The summed E-state index contributed by atoms with van der Waals surface area (Å²) in [6.07, 6.45) is -0.263. The van der Waals surface area contributed by atoms with Crippen LogP contribution in [0, 0.1) is 11.8 Å². The highest BCUT2D eigenvalue weighted by Crippen LogP contribution is 2.32. The van der Waals surface area contributed by atoms with Crippen molar-refractivity contribution in [3.8, 4) is 0 Å². The first-order chi connectivity index (χ1) is 11.8. The van der Waals surface area contributed by atoms with Gasteiger partial charge in [0.1, 0.15) is 0 Å². The van der Waals surface area contributed by atoms with Crippen molar-refractivity contribution in [2.75, 3.05) is 26.7 Å². The Morgan fingerprint density at radius 2 is 1.88 bits per heavy atom. The van der Waals surface area contributed by atoms with Crippen molar-refractivity contribution in [2.24, 2.45) is 11.8 Å². The van der Waals surface area contributed by atoms with Gasteiger partial charge in [0, 0.05) is 26.1 Å². The van der Waals surface area contributed by atoms with E-state index in [1.807, 2.05) is 11.9 Å². The van der Waals surface area contributed by atoms with Gasteiger partial charge in [0.2, 0.25) is 5.91 Å². The zero-order valence-corrected chi connectivity index (χ0v) is 14.6. The summed E-state index contributed by atoms with van der Waals surface area (Å²) in [6, 6.07) is 5.59. The third kappa shape index (κ3) is 4.97. The number of likely N-dealkylation sites (tertiary alicyclic amines) is 1. The van der Waals surface area contributed by atoms with Crippen molar-refractivity contribution in [2.45, 2.75) is 38.4 Å². The van der Waals surface area contributed by atoms with Gasteiger partial charge in [-0.25, -0.2) is 0 Å². The van der Waals surface area contributed by atoms with Crippen LogP contribution in [0.2, 0.25) is 0 Å². The molecule has 1 aliphatic carbocycles. The fraction of sp³-hybridized carbons (Fsp3) is 0.632. The molecule has 138 valence electrons. The maximum atomic E-state index is 12.8. The summed E-state index contributed by atoms with van der Waals surface area (Å²) in [7, 11) is 1.88. The molecule has 3 rings (SSSR count). The standard InChI is InChI=1S/C19H25F3N2O/c1-23(18(25)16-5-6-16)12-14-7-9-24(10-8-14)13-15-3-2-4-17(11-15)19(20,21)22/h2-4,11,14,16H,5-10,12-13H2,1H3. The van der Waals surface area contributed by atoms with Gasteiger partial charge in [-0.2, -0.15) is 13.2 Å². The Morgan fingerprint density at radius 1 is 1.20 bits per heavy atom. The molecule has 0 atom stereocenters. The number of benzene rings is 1. The molecule has 0 spiro atoms. The highest BCUT2D eigenvalue weighted by Gasteiger charge is 2.33. The summed E-state index contributed by atoms with van der Waals surface area (Å²) in [5, 5.41) is 0. The average molecular weight is 354 g/mol. The fourth-order valence-electron chi connectivity index (χ4n) is 3.55. The summed E-state index contributed by atoms with van der Waals surface area (Å²) in [5.74, 6) is 1.02. The second kappa shape index (κ2) is 7.36. The minimum atomic E-state index is -4.29. The molecule has 2 fully saturated rings. The van der Waals surface area contributed by atoms with Gasteiger partial charge in [-0.15, -0.1) is 0 Å². The molecular weight excluding hydrogens is 329 g/mol. The Morgan fingerprint density at radius 3 is 2.48 bits per heavy atom. The van der Waals surface area contributed by atoms with Gasteiger partial charge < -0.3 is 4.90 Å². The van der Waals surface area contributed by atoms with E-state index < -0.39 is 11.7 Å². The molecule has 0 aromatic heterocycles. The van der Waals surface area contributed by atoms with Crippen LogP contribution in [0.15, 0.2) is 24.3 Å². The molecule has 0 radical (unpaired) electrons. The average Bonchev–Trinajstić information content (AvgIpc) is 3.40. The highest BCUT2D eigenvalue weighted by molar-refractivity contribution is 5.80. The van der Waals surface area contributed by atoms with Gasteiger partial charge in [0.15, 0.2) is 0 Å². The Balaban J connectivity index is 1.47. The number of piperidine rings is 1. The lowest BCUT2D eigenvalue weighted by molar-refractivity contribution is -0.137. The van der Waals surface area contributed by atoms with E-state index in [0.29, 0.717) is 18.0 Å². The SMILES string of the molecule is CN(CC1CCN(Cc2cccc(C(F)(F)F)c2)CC1)C(=O)C1CC1. The number of amides is 1. The smallest absolute Gasteiger partial charge is 0.345 e. The number of hydrogen-bond donors (Lipinski definition) is 0. The molecule has 1 aromatic carbocycles. The lowest BCUT2D eigenvalue weighted by Gasteiger charge is -2.34. The first-order valence-electron chi connectivity index (χ1n) is 8.96. The highest BCUT2D eigenvalue weighted by atomic mass is 19.4. The molecule has 1 heterocycles. The number of rotatable bonds is 5. The van der Waals surface area contributed by atoms with Crippen molar-refractivity contribution in [1.82, 2.24) is 9.80 Å². The number of hydrogen-bond acceptors (Lipinski definition) is 2. The van der Waals surface area contributed by atoms with Crippen LogP contribution in [-0.4, -0.2) is 42.4 Å². The number of nitrogens with zero attached hydrogens (tertiary/aromatic N) is 2. The first kappa shape index (κ1) is 18.2. The van der Waals surface area contributed by atoms with E-state index in [-0.39, 0.29) is 11.8 Å². The summed E-state index contributed by atoms with van der Waals surface area (Å²) < 4.78 is 38.4. The predicted octanol–water partition coefficient (Wildman–Crippen LogP) is 3.79. The zero-order valence-electron chi connectivity index (χ0n) is 14.6. The van der Waals surface area contributed by atoms with Crippen molar-refractivity contribution in [3.63, 3.8) is 0 Å². The van der Waals surface area contributed by atoms with E-state index in [9.17, 15) is 18.0 Å². The number of carbonyl (C=O) groups excluding carboxylic acids is 1. The molecule has 2 aliphatic rings. The summed E-state index contributed by atoms with van der Waals surface area (Å²) in [5.41, 5.74) is 0.120. The second-order valence-corrected chi connectivity index (χ2v) is 7.41. The largest absolute Gasteiger partial charge is 0.416 e. The van der Waals surface area contributed by atoms with Gasteiger partial charge in [0.05, 0.1) is 5.56 Å². The molecule has 0 unspecified atom stereocenters. The Bertz CT molecular complexity index is 605. The molecule has 6 heteroatoms. The summed E-state index contributed by atoms with van der Waals surface area (Å²) in [6.45, 7) is 3.08. The molecule has 1 aliphatic heterocycles. The van der Waals surface area contributed by atoms with Crippen LogP contribution in [0.3, 0.4) is 0 Å². The Hall–Kier alpha value is -1.56. The fourth-order valence-corrected chi connectivity index (χ4v) is 3.55. The molecule has 1 aromatic rings. The Kier molecular flexibility index (Phi) is 5.37. The summed E-state index contributed by atoms with van der Waals surface area (Å²) in [4.78, 5) is 16.1. The van der Waals surface area contributed by atoms with Crippen molar-refractivity contribution < 1.29 is 18.0 Å². The molecule has 1 amide bonds. The third-order valence-electron chi connectivity index (χ3n) is 5.20. The van der Waals surface area contributed by atoms with E-state index in [1.165, 1.54) is 12.1 Å². The van der Waals surface area contributed by atoms with Crippen LogP contribution in [-0.2, 0) is 17.5 Å². The van der Waals surface area contributed by atoms with Crippen LogP contribution < -0.4 is 0 Å². The van der Waals surface area contributed by atoms with Gasteiger partial charge in [-0.1, -0.05) is 18.2 Å². The lowest BCUT2D eigenvalue weighted by atomic mass is 9.95. The van der Waals surface area contributed by atoms with Gasteiger partial charge in [-0.3, -0.25) is 9.69 Å². The monoisotopic (exact) mass is 354 g/mol. The van der Waals surface area contributed by atoms with Crippen LogP contribution >= 0.6 is 0 Å². The second-order valence-electron chi connectivity index (χ2n) is 7.41. The summed E-state index contributed by atoms with van der Waals surface area (Å²) >= 11 is 0. The maximum absolute atomic E-state index is 12.8. The number of carbonyl (C=O) groups is 1. The zero-order chi connectivity index (χ0) is 18.0. The van der Waals surface area contributed by atoms with E-state index >= 15 is 0 Å². The van der Waals surface area contributed by atoms with Crippen molar-refractivity contribution >= 4 is 5.91 Å². The van der Waals surface area contributed by atoms with Crippen LogP contribution in [0.25, 0.3) is 0 Å². The molecule has 3 nitrogen and oxygen atoms in total. The molecule has 0 bridgehead atoms. The third-order valence-corrected chi connectivity index (χ3v) is 5.20. The van der Waals surface area contributed by atoms with Gasteiger partial charge in [0.25, 0.3) is 0 Å². The maximum Gasteiger partial charge on any atom is 0.416 e. The topological polar surface area (TPSA) is 23.6 Å². The molecule has 0 N–H and O–H groups in total. The van der Waals surface area contributed by atoms with E-state index in [1.54, 1.807) is 6.07 Å². The molecule has 1 saturated heterocycles. The van der Waals surface area contributed by atoms with Gasteiger partial charge >= 0.3 is 6.18 Å². The number of alkyl halides is 3. The van der Waals surface area contributed by atoms with Crippen molar-refractivity contribution in [3.05, 3.63) is 35.4 Å². The Labute approximate surface area is 146 Å². The molecule has 1 saturated carbocycles. The lowest BCUT2D eigenvalue weighted by Crippen LogP contribution is -2.39. The minimum Gasteiger partial charge on any atom is -0.345 e. The predicted molar refractivity (Wildman–Crippen MR) is 89.8 cm³/mol. The quantitative estimate of drug-likeness (QED) is 0.803. The van der Waals surface area contributed by atoms with E-state index in [2.05, 4.69) is 4.90 Å². The van der Waals surface area contributed by atoms with Crippen LogP contribution in [0.5, 0.6) is 0 Å². The van der Waals surface area contributed by atoms with E-state index in [4.69, 9.17) is 0 Å². The molecular formula is C19H25F3N2O. The number of halogens is 3.